The van der Waals surface area contributed by atoms with E-state index < -0.39 is 0 Å². The van der Waals surface area contributed by atoms with Crippen LogP contribution in [-0.2, 0) is 14.2 Å². The maximum Gasteiger partial charge on any atom is 0.191 e. The molecule has 0 aromatic rings. The molecule has 0 aromatic carbocycles. The molecule has 0 amide bonds. The molecule has 2 fully saturated rings. The third kappa shape index (κ3) is 9.76. The Morgan fingerprint density at radius 3 is 2.67 bits per heavy atom. The second-order valence-corrected chi connectivity index (χ2v) is 7.49. The van der Waals surface area contributed by atoms with Crippen LogP contribution in [0.4, 0.5) is 0 Å². The predicted octanol–water partition coefficient (Wildman–Crippen LogP) is 3.34. The van der Waals surface area contributed by atoms with Gasteiger partial charge in [0.25, 0.3) is 0 Å². The van der Waals surface area contributed by atoms with Crippen LogP contribution in [0.25, 0.3) is 0 Å². The Morgan fingerprint density at radius 1 is 1.19 bits per heavy atom. The minimum atomic E-state index is 0. The average molecular weight is 497 g/mol. The highest BCUT2D eigenvalue weighted by Crippen LogP contribution is 2.41. The first-order valence-electron chi connectivity index (χ1n) is 10.6. The molecule has 6 nitrogen and oxygen atoms in total. The summed E-state index contributed by atoms with van der Waals surface area (Å²) in [5.41, 5.74) is 0.336. The van der Waals surface area contributed by atoms with E-state index in [4.69, 9.17) is 19.2 Å². The minimum absolute atomic E-state index is 0. The zero-order valence-corrected chi connectivity index (χ0v) is 19.6. The van der Waals surface area contributed by atoms with Gasteiger partial charge in [-0.2, -0.15) is 0 Å². The summed E-state index contributed by atoms with van der Waals surface area (Å²) in [5.74, 6) is 0.930. The Morgan fingerprint density at radius 2 is 2.00 bits per heavy atom. The molecule has 1 unspecified atom stereocenters. The molecular formula is C20H40IN3O3. The number of guanidine groups is 1. The van der Waals surface area contributed by atoms with E-state index in [-0.39, 0.29) is 24.0 Å². The topological polar surface area (TPSA) is 64.1 Å². The SMILES string of the molecule is CCNC(=NCC1(CCOCC)CCCC1)NCCCOC1CCOC1.I. The molecule has 7 heteroatoms. The predicted molar refractivity (Wildman–Crippen MR) is 121 cm³/mol. The standard InChI is InChI=1S/C20H39N3O3.HI/c1-3-21-19(22-12-7-13-26-18-8-14-25-16-18)23-17-20(9-5-6-10-20)11-15-24-4-2;/h18H,3-17H2,1-2H3,(H2,21,22,23);1H. The Hall–Kier alpha value is -0.120. The van der Waals surface area contributed by atoms with Crippen molar-refractivity contribution >= 4 is 29.9 Å². The maximum atomic E-state index is 5.82. The van der Waals surface area contributed by atoms with Crippen LogP contribution >= 0.6 is 24.0 Å². The van der Waals surface area contributed by atoms with Crippen molar-refractivity contribution in [2.75, 3.05) is 52.7 Å². The van der Waals surface area contributed by atoms with Gasteiger partial charge < -0.3 is 24.8 Å². The molecule has 1 saturated heterocycles. The fraction of sp³-hybridized carbons (Fsp3) is 0.950. The number of hydrogen-bond acceptors (Lipinski definition) is 4. The normalized spacial score (nSPS) is 21.9. The van der Waals surface area contributed by atoms with Gasteiger partial charge in [-0.3, -0.25) is 4.99 Å². The van der Waals surface area contributed by atoms with Crippen molar-refractivity contribution in [3.05, 3.63) is 0 Å². The maximum absolute atomic E-state index is 5.82. The summed E-state index contributed by atoms with van der Waals surface area (Å²) in [5, 5.41) is 6.82. The number of rotatable bonds is 12. The molecule has 0 aromatic heterocycles. The smallest absolute Gasteiger partial charge is 0.191 e. The Balaban J connectivity index is 0.00000364. The lowest BCUT2D eigenvalue weighted by molar-refractivity contribution is 0.0420. The van der Waals surface area contributed by atoms with Gasteiger partial charge in [-0.25, -0.2) is 0 Å². The van der Waals surface area contributed by atoms with Gasteiger partial charge in [0.2, 0.25) is 0 Å². The van der Waals surface area contributed by atoms with Gasteiger partial charge in [0.15, 0.2) is 5.96 Å². The lowest BCUT2D eigenvalue weighted by atomic mass is 9.83. The molecule has 0 bridgehead atoms. The summed E-state index contributed by atoms with van der Waals surface area (Å²) in [6, 6.07) is 0. The summed E-state index contributed by atoms with van der Waals surface area (Å²) in [6.07, 6.45) is 8.64. The highest BCUT2D eigenvalue weighted by atomic mass is 127. The zero-order valence-electron chi connectivity index (χ0n) is 17.3. The van der Waals surface area contributed by atoms with Crippen molar-refractivity contribution in [3.63, 3.8) is 0 Å². The molecule has 1 aliphatic carbocycles. The molecule has 0 spiro atoms. The Labute approximate surface area is 182 Å². The number of ether oxygens (including phenoxy) is 3. The number of nitrogens with zero attached hydrogens (tertiary/aromatic N) is 1. The van der Waals surface area contributed by atoms with E-state index in [0.29, 0.717) is 11.5 Å². The molecule has 1 heterocycles. The first-order chi connectivity index (χ1) is 12.8. The molecule has 1 aliphatic heterocycles. The van der Waals surface area contributed by atoms with E-state index in [9.17, 15) is 0 Å². The monoisotopic (exact) mass is 497 g/mol. The van der Waals surface area contributed by atoms with Crippen LogP contribution in [-0.4, -0.2) is 64.7 Å². The van der Waals surface area contributed by atoms with Crippen LogP contribution in [0.2, 0.25) is 0 Å². The van der Waals surface area contributed by atoms with Crippen molar-refractivity contribution in [1.82, 2.24) is 10.6 Å². The highest BCUT2D eigenvalue weighted by Gasteiger charge is 2.33. The van der Waals surface area contributed by atoms with Gasteiger partial charge in [-0.1, -0.05) is 12.8 Å². The minimum Gasteiger partial charge on any atom is -0.382 e. The van der Waals surface area contributed by atoms with Crippen LogP contribution < -0.4 is 10.6 Å². The van der Waals surface area contributed by atoms with Gasteiger partial charge in [0.1, 0.15) is 0 Å². The quantitative estimate of drug-likeness (QED) is 0.188. The van der Waals surface area contributed by atoms with Crippen LogP contribution in [0.5, 0.6) is 0 Å². The molecule has 1 atom stereocenters. The lowest BCUT2D eigenvalue weighted by Crippen LogP contribution is -2.39. The van der Waals surface area contributed by atoms with Crippen LogP contribution in [0.15, 0.2) is 4.99 Å². The van der Waals surface area contributed by atoms with Crippen LogP contribution in [0.1, 0.15) is 58.8 Å². The second-order valence-electron chi connectivity index (χ2n) is 7.49. The molecule has 2 rings (SSSR count). The van der Waals surface area contributed by atoms with Gasteiger partial charge in [0.05, 0.1) is 12.7 Å². The van der Waals surface area contributed by atoms with Gasteiger partial charge in [-0.05, 0) is 51.4 Å². The number of halogens is 1. The third-order valence-corrected chi connectivity index (χ3v) is 5.42. The Bertz CT molecular complexity index is 398. The van der Waals surface area contributed by atoms with E-state index in [0.717, 1.165) is 77.9 Å². The van der Waals surface area contributed by atoms with Crippen LogP contribution in [0, 0.1) is 5.41 Å². The first-order valence-corrected chi connectivity index (χ1v) is 10.6. The summed E-state index contributed by atoms with van der Waals surface area (Å²) in [4.78, 5) is 4.90. The van der Waals surface area contributed by atoms with E-state index in [1.165, 1.54) is 25.7 Å². The van der Waals surface area contributed by atoms with Crippen molar-refractivity contribution < 1.29 is 14.2 Å². The number of hydrogen-bond donors (Lipinski definition) is 2. The second kappa shape index (κ2) is 14.8. The fourth-order valence-electron chi connectivity index (χ4n) is 3.81. The number of nitrogens with one attached hydrogen (secondary N) is 2. The molecule has 2 N–H and O–H groups in total. The van der Waals surface area contributed by atoms with Crippen molar-refractivity contribution in [3.8, 4) is 0 Å². The first kappa shape index (κ1) is 24.9. The molecule has 0 radical (unpaired) electrons. The molecule has 160 valence electrons. The van der Waals surface area contributed by atoms with Crippen molar-refractivity contribution in [2.45, 2.75) is 64.9 Å². The van der Waals surface area contributed by atoms with Crippen molar-refractivity contribution in [2.24, 2.45) is 10.4 Å². The summed E-state index contributed by atoms with van der Waals surface area (Å²) in [6.45, 7) is 10.9. The average Bonchev–Trinajstić information content (AvgIpc) is 3.32. The Kier molecular flexibility index (Phi) is 13.7. The number of aliphatic imine (C=N–C) groups is 1. The largest absolute Gasteiger partial charge is 0.382 e. The summed E-state index contributed by atoms with van der Waals surface area (Å²) >= 11 is 0. The van der Waals surface area contributed by atoms with E-state index in [2.05, 4.69) is 24.5 Å². The molecular weight excluding hydrogens is 457 g/mol. The zero-order chi connectivity index (χ0) is 18.5. The van der Waals surface area contributed by atoms with E-state index in [1.54, 1.807) is 0 Å². The molecule has 1 saturated carbocycles. The van der Waals surface area contributed by atoms with Gasteiger partial charge in [-0.15, -0.1) is 24.0 Å². The van der Waals surface area contributed by atoms with Crippen LogP contribution in [0.3, 0.4) is 0 Å². The molecule has 27 heavy (non-hydrogen) atoms. The van der Waals surface area contributed by atoms with Gasteiger partial charge in [0, 0.05) is 46.1 Å². The van der Waals surface area contributed by atoms with E-state index in [1.807, 2.05) is 0 Å². The van der Waals surface area contributed by atoms with Gasteiger partial charge >= 0.3 is 0 Å². The van der Waals surface area contributed by atoms with Crippen molar-refractivity contribution in [1.29, 1.82) is 0 Å². The third-order valence-electron chi connectivity index (χ3n) is 5.42. The fourth-order valence-corrected chi connectivity index (χ4v) is 3.81. The summed E-state index contributed by atoms with van der Waals surface area (Å²) in [7, 11) is 0. The molecule has 2 aliphatic rings. The summed E-state index contributed by atoms with van der Waals surface area (Å²) < 4.78 is 16.8. The van der Waals surface area contributed by atoms with E-state index >= 15 is 0 Å². The lowest BCUT2D eigenvalue weighted by Gasteiger charge is -2.27. The highest BCUT2D eigenvalue weighted by molar-refractivity contribution is 14.0.